The van der Waals surface area contributed by atoms with Gasteiger partial charge in [-0.3, -0.25) is 0 Å². The van der Waals surface area contributed by atoms with Gasteiger partial charge in [0, 0.05) is 22.7 Å². The van der Waals surface area contributed by atoms with E-state index in [1.807, 2.05) is 6.20 Å². The minimum Gasteiger partial charge on any atom is -0.361 e. The highest BCUT2D eigenvalue weighted by Gasteiger charge is 2.09. The fourth-order valence-electron chi connectivity index (χ4n) is 1.69. The molecule has 1 aromatic heterocycles. The van der Waals surface area contributed by atoms with Gasteiger partial charge in [0.1, 0.15) is 0 Å². The molecule has 0 aliphatic rings. The van der Waals surface area contributed by atoms with Crippen molar-refractivity contribution in [1.29, 1.82) is 0 Å². The van der Waals surface area contributed by atoms with Crippen molar-refractivity contribution in [3.8, 4) is 0 Å². The summed E-state index contributed by atoms with van der Waals surface area (Å²) >= 11 is 0. The number of nitrogens with one attached hydrogen (secondary N) is 1. The Labute approximate surface area is 86.1 Å². The van der Waals surface area contributed by atoms with Crippen LogP contribution in [0, 0.1) is 0 Å². The molecular weight excluding hydrogens is 198 g/mol. The fraction of sp³-hybridized carbons (Fsp3) is 0.273. The van der Waals surface area contributed by atoms with E-state index in [0.29, 0.717) is 13.0 Å². The predicted molar refractivity (Wildman–Crippen MR) is 56.0 cm³/mol. The topological polar surface area (TPSA) is 41.8 Å². The van der Waals surface area contributed by atoms with Crippen LogP contribution in [0.1, 0.15) is 17.6 Å². The molecule has 1 aromatic carbocycles. The van der Waals surface area contributed by atoms with Gasteiger partial charge in [0.2, 0.25) is 0 Å². The Kier molecular flexibility index (Phi) is 2.68. The first-order chi connectivity index (χ1) is 7.22. The lowest BCUT2D eigenvalue weighted by Gasteiger charge is -2.01. The summed E-state index contributed by atoms with van der Waals surface area (Å²) in [5, 5.41) is 0.846. The van der Waals surface area contributed by atoms with Gasteiger partial charge in [0.05, 0.1) is 0 Å². The van der Waals surface area contributed by atoms with Crippen LogP contribution in [0.3, 0.4) is 0 Å². The summed E-state index contributed by atoms with van der Waals surface area (Å²) in [5.74, 6) is 0. The second-order valence-corrected chi connectivity index (χ2v) is 3.46. The first-order valence-corrected chi connectivity index (χ1v) is 4.80. The van der Waals surface area contributed by atoms with E-state index in [9.17, 15) is 8.78 Å². The molecule has 2 rings (SSSR count). The SMILES string of the molecule is NCCc1c[nH]c2ccc(C(F)F)cc12. The van der Waals surface area contributed by atoms with E-state index in [0.717, 1.165) is 16.5 Å². The number of aromatic nitrogens is 1. The molecule has 0 aliphatic heterocycles. The molecule has 2 aromatic rings. The Bertz CT molecular complexity index is 463. The maximum atomic E-state index is 12.5. The monoisotopic (exact) mass is 210 g/mol. The van der Waals surface area contributed by atoms with Gasteiger partial charge in [-0.05, 0) is 30.7 Å². The molecule has 0 saturated heterocycles. The molecule has 3 N–H and O–H groups in total. The molecular formula is C11H12F2N2. The number of rotatable bonds is 3. The first kappa shape index (κ1) is 10.1. The zero-order valence-electron chi connectivity index (χ0n) is 8.13. The molecule has 0 spiro atoms. The maximum Gasteiger partial charge on any atom is 0.263 e. The third kappa shape index (κ3) is 1.85. The van der Waals surface area contributed by atoms with Crippen LogP contribution in [-0.4, -0.2) is 11.5 Å². The van der Waals surface area contributed by atoms with E-state index in [-0.39, 0.29) is 5.56 Å². The number of hydrogen-bond donors (Lipinski definition) is 2. The van der Waals surface area contributed by atoms with Gasteiger partial charge in [-0.2, -0.15) is 0 Å². The predicted octanol–water partition coefficient (Wildman–Crippen LogP) is 2.61. The third-order valence-electron chi connectivity index (χ3n) is 2.46. The number of fused-ring (bicyclic) bond motifs is 1. The molecule has 0 atom stereocenters. The second kappa shape index (κ2) is 3.98. The van der Waals surface area contributed by atoms with Crippen molar-refractivity contribution in [2.24, 2.45) is 5.73 Å². The summed E-state index contributed by atoms with van der Waals surface area (Å²) in [4.78, 5) is 3.04. The standard InChI is InChI=1S/C11H12F2N2/c12-11(13)7-1-2-10-9(5-7)8(3-4-14)6-15-10/h1-2,5-6,11,15H,3-4,14H2. The van der Waals surface area contributed by atoms with E-state index < -0.39 is 6.43 Å². The number of hydrogen-bond acceptors (Lipinski definition) is 1. The molecule has 80 valence electrons. The summed E-state index contributed by atoms with van der Waals surface area (Å²) in [6, 6.07) is 4.65. The van der Waals surface area contributed by atoms with E-state index in [1.165, 1.54) is 12.1 Å². The lowest BCUT2D eigenvalue weighted by atomic mass is 10.1. The van der Waals surface area contributed by atoms with E-state index in [2.05, 4.69) is 4.98 Å². The molecule has 0 amide bonds. The Morgan fingerprint density at radius 2 is 2.13 bits per heavy atom. The highest BCUT2D eigenvalue weighted by Crippen LogP contribution is 2.25. The minimum absolute atomic E-state index is 0.0559. The van der Waals surface area contributed by atoms with Crippen molar-refractivity contribution in [3.63, 3.8) is 0 Å². The van der Waals surface area contributed by atoms with Crippen LogP contribution < -0.4 is 5.73 Å². The van der Waals surface area contributed by atoms with E-state index >= 15 is 0 Å². The van der Waals surface area contributed by atoms with Crippen LogP contribution in [-0.2, 0) is 6.42 Å². The van der Waals surface area contributed by atoms with Gasteiger partial charge < -0.3 is 10.7 Å². The Hall–Kier alpha value is -1.42. The normalized spacial score (nSPS) is 11.5. The average Bonchev–Trinajstić information content (AvgIpc) is 2.61. The van der Waals surface area contributed by atoms with Gasteiger partial charge >= 0.3 is 0 Å². The van der Waals surface area contributed by atoms with Gasteiger partial charge in [0.15, 0.2) is 0 Å². The van der Waals surface area contributed by atoms with Crippen LogP contribution in [0.4, 0.5) is 8.78 Å². The van der Waals surface area contributed by atoms with Crippen LogP contribution in [0.15, 0.2) is 24.4 Å². The minimum atomic E-state index is -2.42. The maximum absolute atomic E-state index is 12.5. The van der Waals surface area contributed by atoms with Crippen molar-refractivity contribution in [2.45, 2.75) is 12.8 Å². The molecule has 1 heterocycles. The Morgan fingerprint density at radius 1 is 1.33 bits per heavy atom. The lowest BCUT2D eigenvalue weighted by molar-refractivity contribution is 0.151. The zero-order chi connectivity index (χ0) is 10.8. The van der Waals surface area contributed by atoms with Crippen LogP contribution in [0.5, 0.6) is 0 Å². The number of nitrogens with two attached hydrogens (primary N) is 1. The highest BCUT2D eigenvalue weighted by atomic mass is 19.3. The van der Waals surface area contributed by atoms with Crippen molar-refractivity contribution >= 4 is 10.9 Å². The summed E-state index contributed by atoms with van der Waals surface area (Å²) < 4.78 is 25.0. The Balaban J connectivity index is 2.51. The second-order valence-electron chi connectivity index (χ2n) is 3.46. The van der Waals surface area contributed by atoms with Crippen LogP contribution in [0.2, 0.25) is 0 Å². The van der Waals surface area contributed by atoms with Crippen molar-refractivity contribution in [2.75, 3.05) is 6.54 Å². The molecule has 0 unspecified atom stereocenters. The molecule has 4 heteroatoms. The molecule has 0 bridgehead atoms. The average molecular weight is 210 g/mol. The largest absolute Gasteiger partial charge is 0.361 e. The van der Waals surface area contributed by atoms with Gasteiger partial charge in [-0.25, -0.2) is 8.78 Å². The summed E-state index contributed by atoms with van der Waals surface area (Å²) in [6.45, 7) is 0.520. The fourth-order valence-corrected chi connectivity index (χ4v) is 1.69. The van der Waals surface area contributed by atoms with Gasteiger partial charge in [-0.15, -0.1) is 0 Å². The summed E-state index contributed by atoms with van der Waals surface area (Å²) in [7, 11) is 0. The zero-order valence-corrected chi connectivity index (χ0v) is 8.13. The van der Waals surface area contributed by atoms with Crippen LogP contribution in [0.25, 0.3) is 10.9 Å². The number of aromatic amines is 1. The molecule has 0 fully saturated rings. The molecule has 0 aliphatic carbocycles. The van der Waals surface area contributed by atoms with Gasteiger partial charge in [0.25, 0.3) is 6.43 Å². The summed E-state index contributed by atoms with van der Waals surface area (Å²) in [6.07, 6.45) is 0.106. The van der Waals surface area contributed by atoms with E-state index in [1.54, 1.807) is 6.07 Å². The van der Waals surface area contributed by atoms with Crippen molar-refractivity contribution in [3.05, 3.63) is 35.5 Å². The quantitative estimate of drug-likeness (QED) is 0.803. The summed E-state index contributed by atoms with van der Waals surface area (Å²) in [5.41, 5.74) is 7.38. The Morgan fingerprint density at radius 3 is 2.80 bits per heavy atom. The first-order valence-electron chi connectivity index (χ1n) is 4.80. The number of alkyl halides is 2. The lowest BCUT2D eigenvalue weighted by Crippen LogP contribution is -2.01. The molecule has 0 saturated carbocycles. The number of H-pyrrole nitrogens is 1. The van der Waals surface area contributed by atoms with Crippen molar-refractivity contribution < 1.29 is 8.78 Å². The third-order valence-corrected chi connectivity index (χ3v) is 2.46. The number of halogens is 2. The number of benzene rings is 1. The van der Waals surface area contributed by atoms with Crippen LogP contribution >= 0.6 is 0 Å². The van der Waals surface area contributed by atoms with Gasteiger partial charge in [-0.1, -0.05) is 6.07 Å². The molecule has 15 heavy (non-hydrogen) atoms. The molecule has 2 nitrogen and oxygen atoms in total. The highest BCUT2D eigenvalue weighted by molar-refractivity contribution is 5.84. The molecule has 0 radical (unpaired) electrons. The van der Waals surface area contributed by atoms with Crippen molar-refractivity contribution in [1.82, 2.24) is 4.98 Å². The van der Waals surface area contributed by atoms with E-state index in [4.69, 9.17) is 5.73 Å². The smallest absolute Gasteiger partial charge is 0.263 e.